The van der Waals surface area contributed by atoms with E-state index in [9.17, 15) is 0 Å². The average Bonchev–Trinajstić information content (AvgIpc) is 2.72. The summed E-state index contributed by atoms with van der Waals surface area (Å²) in [4.78, 5) is 1.50. The number of benzene rings is 1. The standard InChI is InChI=1S/C17H27NS/c1-5-18-13(2)10-17(3,4)11-14-12-19-16-9-7-6-8-15(14)16/h6-9,13-14,18H,5,10-12H2,1-4H3. The third-order valence-corrected chi connectivity index (χ3v) is 5.26. The maximum absolute atomic E-state index is 3.54. The fourth-order valence-electron chi connectivity index (χ4n) is 3.40. The SMILES string of the molecule is CCNC(C)CC(C)(C)CC1CSc2ccccc21. The highest BCUT2D eigenvalue weighted by Crippen LogP contribution is 2.45. The van der Waals surface area contributed by atoms with Gasteiger partial charge in [-0.05, 0) is 49.3 Å². The first-order chi connectivity index (χ1) is 9.02. The summed E-state index contributed by atoms with van der Waals surface area (Å²) in [6.45, 7) is 10.4. The maximum atomic E-state index is 3.54. The average molecular weight is 277 g/mol. The zero-order valence-electron chi connectivity index (χ0n) is 12.7. The lowest BCUT2D eigenvalue weighted by molar-refractivity contribution is 0.255. The van der Waals surface area contributed by atoms with E-state index in [1.807, 2.05) is 11.8 Å². The number of rotatable bonds is 6. The van der Waals surface area contributed by atoms with Gasteiger partial charge in [-0.1, -0.05) is 39.0 Å². The zero-order chi connectivity index (χ0) is 13.9. The summed E-state index contributed by atoms with van der Waals surface area (Å²) in [7, 11) is 0. The summed E-state index contributed by atoms with van der Waals surface area (Å²) < 4.78 is 0. The second kappa shape index (κ2) is 6.32. The fraction of sp³-hybridized carbons (Fsp3) is 0.647. The van der Waals surface area contributed by atoms with Gasteiger partial charge in [-0.15, -0.1) is 11.8 Å². The molecule has 2 heteroatoms. The van der Waals surface area contributed by atoms with Crippen molar-refractivity contribution in [3.63, 3.8) is 0 Å². The van der Waals surface area contributed by atoms with E-state index in [1.54, 1.807) is 5.56 Å². The van der Waals surface area contributed by atoms with Crippen LogP contribution in [0.1, 0.15) is 52.0 Å². The lowest BCUT2D eigenvalue weighted by Gasteiger charge is -2.31. The number of fused-ring (bicyclic) bond motifs is 1. The van der Waals surface area contributed by atoms with Gasteiger partial charge in [-0.2, -0.15) is 0 Å². The molecular weight excluding hydrogens is 250 g/mol. The highest BCUT2D eigenvalue weighted by atomic mass is 32.2. The molecular formula is C17H27NS. The van der Waals surface area contributed by atoms with Gasteiger partial charge in [0.2, 0.25) is 0 Å². The van der Waals surface area contributed by atoms with E-state index in [2.05, 4.69) is 57.3 Å². The van der Waals surface area contributed by atoms with Crippen molar-refractivity contribution in [3.05, 3.63) is 29.8 Å². The van der Waals surface area contributed by atoms with Crippen LogP contribution < -0.4 is 5.32 Å². The van der Waals surface area contributed by atoms with Gasteiger partial charge in [0.1, 0.15) is 0 Å². The second-order valence-electron chi connectivity index (χ2n) is 6.58. The van der Waals surface area contributed by atoms with E-state index in [-0.39, 0.29) is 0 Å². The van der Waals surface area contributed by atoms with Crippen LogP contribution in [0.5, 0.6) is 0 Å². The number of nitrogens with one attached hydrogen (secondary N) is 1. The van der Waals surface area contributed by atoms with Gasteiger partial charge >= 0.3 is 0 Å². The Morgan fingerprint density at radius 3 is 2.84 bits per heavy atom. The lowest BCUT2D eigenvalue weighted by atomic mass is 9.77. The molecule has 1 N–H and O–H groups in total. The van der Waals surface area contributed by atoms with Crippen LogP contribution >= 0.6 is 11.8 Å². The summed E-state index contributed by atoms with van der Waals surface area (Å²) >= 11 is 2.03. The van der Waals surface area contributed by atoms with Crippen LogP contribution in [0, 0.1) is 5.41 Å². The van der Waals surface area contributed by atoms with Crippen LogP contribution in [0.3, 0.4) is 0 Å². The Bertz CT molecular complexity index is 413. The van der Waals surface area contributed by atoms with Crippen LogP contribution in [0.25, 0.3) is 0 Å². The van der Waals surface area contributed by atoms with Crippen molar-refractivity contribution in [2.75, 3.05) is 12.3 Å². The van der Waals surface area contributed by atoms with Crippen molar-refractivity contribution in [2.45, 2.75) is 57.4 Å². The molecule has 106 valence electrons. The van der Waals surface area contributed by atoms with Gasteiger partial charge in [0.25, 0.3) is 0 Å². The minimum Gasteiger partial charge on any atom is -0.315 e. The molecule has 1 nitrogen and oxygen atoms in total. The molecule has 1 aromatic rings. The van der Waals surface area contributed by atoms with E-state index >= 15 is 0 Å². The van der Waals surface area contributed by atoms with Gasteiger partial charge in [-0.3, -0.25) is 0 Å². The first-order valence-corrected chi connectivity index (χ1v) is 8.45. The van der Waals surface area contributed by atoms with Crippen molar-refractivity contribution in [1.82, 2.24) is 5.32 Å². The predicted molar refractivity (Wildman–Crippen MR) is 86.1 cm³/mol. The van der Waals surface area contributed by atoms with Crippen LogP contribution in [-0.4, -0.2) is 18.3 Å². The first kappa shape index (κ1) is 14.9. The summed E-state index contributed by atoms with van der Waals surface area (Å²) in [6.07, 6.45) is 2.55. The van der Waals surface area contributed by atoms with Crippen molar-refractivity contribution in [1.29, 1.82) is 0 Å². The number of hydrogen-bond acceptors (Lipinski definition) is 2. The van der Waals surface area contributed by atoms with E-state index in [1.165, 1.54) is 23.5 Å². The molecule has 0 bridgehead atoms. The van der Waals surface area contributed by atoms with Crippen LogP contribution in [0.2, 0.25) is 0 Å². The summed E-state index contributed by atoms with van der Waals surface area (Å²) in [5.74, 6) is 2.00. The Balaban J connectivity index is 1.97. The molecule has 0 aromatic heterocycles. The lowest BCUT2D eigenvalue weighted by Crippen LogP contribution is -2.31. The quantitative estimate of drug-likeness (QED) is 0.810. The topological polar surface area (TPSA) is 12.0 Å². The van der Waals surface area contributed by atoms with Crippen LogP contribution in [-0.2, 0) is 0 Å². The molecule has 2 unspecified atom stereocenters. The molecule has 0 fully saturated rings. The molecule has 1 aromatic carbocycles. The minimum atomic E-state index is 0.407. The molecule has 0 saturated carbocycles. The van der Waals surface area contributed by atoms with Crippen LogP contribution in [0.4, 0.5) is 0 Å². The normalized spacial score (nSPS) is 20.3. The Hall–Kier alpha value is -0.470. The van der Waals surface area contributed by atoms with Gasteiger partial charge in [-0.25, -0.2) is 0 Å². The van der Waals surface area contributed by atoms with Crippen molar-refractivity contribution >= 4 is 11.8 Å². The Kier molecular flexibility index (Phi) is 4.97. The monoisotopic (exact) mass is 277 g/mol. The minimum absolute atomic E-state index is 0.407. The summed E-state index contributed by atoms with van der Waals surface area (Å²) in [5.41, 5.74) is 1.99. The van der Waals surface area contributed by atoms with Gasteiger partial charge in [0, 0.05) is 16.7 Å². The summed E-state index contributed by atoms with van der Waals surface area (Å²) in [5, 5.41) is 3.54. The Morgan fingerprint density at radius 1 is 1.37 bits per heavy atom. The van der Waals surface area contributed by atoms with Gasteiger partial charge in [0.15, 0.2) is 0 Å². The van der Waals surface area contributed by atoms with E-state index < -0.39 is 0 Å². The van der Waals surface area contributed by atoms with Crippen molar-refractivity contribution in [3.8, 4) is 0 Å². The van der Waals surface area contributed by atoms with E-state index in [4.69, 9.17) is 0 Å². The molecule has 1 aliphatic heterocycles. The fourth-order valence-corrected chi connectivity index (χ4v) is 4.65. The molecule has 1 heterocycles. The van der Waals surface area contributed by atoms with E-state index in [0.29, 0.717) is 11.5 Å². The molecule has 2 atom stereocenters. The van der Waals surface area contributed by atoms with Crippen molar-refractivity contribution in [2.24, 2.45) is 5.41 Å². The third kappa shape index (κ3) is 4.00. The van der Waals surface area contributed by atoms with Crippen LogP contribution in [0.15, 0.2) is 29.2 Å². The molecule has 0 saturated heterocycles. The van der Waals surface area contributed by atoms with E-state index in [0.717, 1.165) is 12.5 Å². The van der Waals surface area contributed by atoms with Gasteiger partial charge < -0.3 is 5.32 Å². The zero-order valence-corrected chi connectivity index (χ0v) is 13.5. The highest BCUT2D eigenvalue weighted by Gasteiger charge is 2.30. The highest BCUT2D eigenvalue weighted by molar-refractivity contribution is 7.99. The Labute approximate surface area is 122 Å². The third-order valence-electron chi connectivity index (χ3n) is 4.01. The molecule has 2 rings (SSSR count). The predicted octanol–water partition coefficient (Wildman–Crippen LogP) is 4.68. The smallest absolute Gasteiger partial charge is 0.0107 e. The summed E-state index contributed by atoms with van der Waals surface area (Å²) in [6, 6.07) is 9.56. The molecule has 0 amide bonds. The molecule has 0 spiro atoms. The molecule has 1 aliphatic rings. The van der Waals surface area contributed by atoms with Crippen molar-refractivity contribution < 1.29 is 0 Å². The molecule has 0 aliphatic carbocycles. The largest absolute Gasteiger partial charge is 0.315 e. The number of hydrogen-bond donors (Lipinski definition) is 1. The Morgan fingerprint density at radius 2 is 2.11 bits per heavy atom. The first-order valence-electron chi connectivity index (χ1n) is 7.47. The van der Waals surface area contributed by atoms with Gasteiger partial charge in [0.05, 0.1) is 0 Å². The second-order valence-corrected chi connectivity index (χ2v) is 7.64. The number of thioether (sulfide) groups is 1. The molecule has 19 heavy (non-hydrogen) atoms. The maximum Gasteiger partial charge on any atom is 0.0107 e. The molecule has 0 radical (unpaired) electrons.